The van der Waals surface area contributed by atoms with Crippen LogP contribution in [0.1, 0.15) is 38.8 Å². The van der Waals surface area contributed by atoms with Crippen LogP contribution >= 0.6 is 0 Å². The Labute approximate surface area is 103 Å². The Hall–Kier alpha value is -1.29. The predicted molar refractivity (Wildman–Crippen MR) is 69.8 cm³/mol. The van der Waals surface area contributed by atoms with E-state index >= 15 is 0 Å². The number of aromatic nitrogens is 1. The molecule has 17 heavy (non-hydrogen) atoms. The van der Waals surface area contributed by atoms with Crippen LogP contribution < -0.4 is 10.6 Å². The van der Waals surface area contributed by atoms with Crippen molar-refractivity contribution in [2.45, 2.75) is 39.8 Å². The Bertz CT molecular complexity index is 346. The standard InChI is InChI=1S/C13H23N3O/c1-4-14-11(3)12-6-8-16(10-12)9-7-13(17)15-5-2/h6,8,10-11,14H,4-5,7,9H2,1-3H3,(H,15,17). The minimum absolute atomic E-state index is 0.113. The van der Waals surface area contributed by atoms with E-state index in [0.717, 1.165) is 13.1 Å². The molecule has 4 heteroatoms. The molecule has 1 amide bonds. The highest BCUT2D eigenvalue weighted by atomic mass is 16.1. The molecule has 96 valence electrons. The topological polar surface area (TPSA) is 46.1 Å². The molecule has 1 unspecified atom stereocenters. The summed E-state index contributed by atoms with van der Waals surface area (Å²) in [7, 11) is 0. The van der Waals surface area contributed by atoms with E-state index in [0.29, 0.717) is 19.0 Å². The minimum atomic E-state index is 0.113. The summed E-state index contributed by atoms with van der Waals surface area (Å²) in [4.78, 5) is 11.3. The summed E-state index contributed by atoms with van der Waals surface area (Å²) in [5, 5.41) is 6.17. The predicted octanol–water partition coefficient (Wildman–Crippen LogP) is 1.68. The van der Waals surface area contributed by atoms with Crippen LogP contribution in [0.15, 0.2) is 18.5 Å². The summed E-state index contributed by atoms with van der Waals surface area (Å²) < 4.78 is 2.07. The molecular weight excluding hydrogens is 214 g/mol. The molecule has 0 saturated heterocycles. The van der Waals surface area contributed by atoms with Gasteiger partial charge in [0.25, 0.3) is 0 Å². The van der Waals surface area contributed by atoms with Gasteiger partial charge in [-0.2, -0.15) is 0 Å². The van der Waals surface area contributed by atoms with Crippen LogP contribution in [0.2, 0.25) is 0 Å². The summed E-state index contributed by atoms with van der Waals surface area (Å²) in [6.45, 7) is 8.59. The van der Waals surface area contributed by atoms with Gasteiger partial charge >= 0.3 is 0 Å². The molecular formula is C13H23N3O. The average Bonchev–Trinajstić information content (AvgIpc) is 2.76. The van der Waals surface area contributed by atoms with Gasteiger partial charge in [-0.3, -0.25) is 4.79 Å². The number of nitrogens with one attached hydrogen (secondary N) is 2. The van der Waals surface area contributed by atoms with E-state index in [1.54, 1.807) is 0 Å². The summed E-state index contributed by atoms with van der Waals surface area (Å²) in [6.07, 6.45) is 4.67. The lowest BCUT2D eigenvalue weighted by Crippen LogP contribution is -2.23. The SMILES string of the molecule is CCNC(=O)CCn1ccc(C(C)NCC)c1. The van der Waals surface area contributed by atoms with Gasteiger partial charge in [-0.1, -0.05) is 6.92 Å². The van der Waals surface area contributed by atoms with Crippen molar-refractivity contribution in [3.8, 4) is 0 Å². The molecule has 0 aliphatic heterocycles. The number of aryl methyl sites for hydroxylation is 1. The van der Waals surface area contributed by atoms with E-state index in [1.165, 1.54) is 5.56 Å². The zero-order chi connectivity index (χ0) is 12.7. The van der Waals surface area contributed by atoms with E-state index in [2.05, 4.69) is 41.3 Å². The third kappa shape index (κ3) is 4.61. The Kier molecular flexibility index (Phi) is 5.77. The minimum Gasteiger partial charge on any atom is -0.356 e. The van der Waals surface area contributed by atoms with Gasteiger partial charge in [0.1, 0.15) is 0 Å². The van der Waals surface area contributed by atoms with E-state index in [9.17, 15) is 4.79 Å². The Morgan fingerprint density at radius 3 is 2.82 bits per heavy atom. The van der Waals surface area contributed by atoms with Crippen molar-refractivity contribution >= 4 is 5.91 Å². The summed E-state index contributed by atoms with van der Waals surface area (Å²) in [5.74, 6) is 0.113. The fourth-order valence-electron chi connectivity index (χ4n) is 1.79. The second-order valence-electron chi connectivity index (χ2n) is 4.17. The molecule has 0 fully saturated rings. The Balaban J connectivity index is 2.43. The molecule has 1 aromatic heterocycles. The number of rotatable bonds is 7. The molecule has 0 aromatic carbocycles. The number of nitrogens with zero attached hydrogens (tertiary/aromatic N) is 1. The van der Waals surface area contributed by atoms with Gasteiger partial charge in [0.15, 0.2) is 0 Å². The highest BCUT2D eigenvalue weighted by Gasteiger charge is 2.06. The quantitative estimate of drug-likeness (QED) is 0.758. The molecule has 4 nitrogen and oxygen atoms in total. The molecule has 0 spiro atoms. The van der Waals surface area contributed by atoms with Gasteiger partial charge in [-0.15, -0.1) is 0 Å². The lowest BCUT2D eigenvalue weighted by molar-refractivity contribution is -0.121. The smallest absolute Gasteiger partial charge is 0.221 e. The first-order valence-electron chi connectivity index (χ1n) is 6.33. The molecule has 0 saturated carbocycles. The van der Waals surface area contributed by atoms with Crippen molar-refractivity contribution in [2.24, 2.45) is 0 Å². The molecule has 0 radical (unpaired) electrons. The van der Waals surface area contributed by atoms with Crippen LogP contribution in [0.3, 0.4) is 0 Å². The number of carbonyl (C=O) groups excluding carboxylic acids is 1. The van der Waals surface area contributed by atoms with E-state index in [-0.39, 0.29) is 5.91 Å². The highest BCUT2D eigenvalue weighted by Crippen LogP contribution is 2.12. The zero-order valence-electron chi connectivity index (χ0n) is 11.0. The molecule has 0 aliphatic carbocycles. The van der Waals surface area contributed by atoms with Crippen molar-refractivity contribution < 1.29 is 4.79 Å². The maximum absolute atomic E-state index is 11.3. The van der Waals surface area contributed by atoms with Crippen LogP contribution in [0.4, 0.5) is 0 Å². The van der Waals surface area contributed by atoms with E-state index < -0.39 is 0 Å². The van der Waals surface area contributed by atoms with Crippen molar-refractivity contribution in [3.63, 3.8) is 0 Å². The normalized spacial score (nSPS) is 12.4. The highest BCUT2D eigenvalue weighted by molar-refractivity contribution is 5.75. The average molecular weight is 237 g/mol. The van der Waals surface area contributed by atoms with Gasteiger partial charge in [0.2, 0.25) is 5.91 Å². The van der Waals surface area contributed by atoms with Gasteiger partial charge in [-0.05, 0) is 32.0 Å². The molecule has 2 N–H and O–H groups in total. The lowest BCUT2D eigenvalue weighted by atomic mass is 10.2. The largest absolute Gasteiger partial charge is 0.356 e. The van der Waals surface area contributed by atoms with Gasteiger partial charge in [0.05, 0.1) is 0 Å². The maximum Gasteiger partial charge on any atom is 0.221 e. The summed E-state index contributed by atoms with van der Waals surface area (Å²) >= 11 is 0. The lowest BCUT2D eigenvalue weighted by Gasteiger charge is -2.09. The van der Waals surface area contributed by atoms with E-state index in [4.69, 9.17) is 0 Å². The molecule has 1 aromatic rings. The van der Waals surface area contributed by atoms with Crippen LogP contribution in [-0.2, 0) is 11.3 Å². The monoisotopic (exact) mass is 237 g/mol. The van der Waals surface area contributed by atoms with Gasteiger partial charge in [-0.25, -0.2) is 0 Å². The number of carbonyl (C=O) groups is 1. The fourth-order valence-corrected chi connectivity index (χ4v) is 1.79. The third-order valence-corrected chi connectivity index (χ3v) is 2.75. The van der Waals surface area contributed by atoms with Crippen LogP contribution in [0.5, 0.6) is 0 Å². The van der Waals surface area contributed by atoms with Gasteiger partial charge < -0.3 is 15.2 Å². The van der Waals surface area contributed by atoms with Crippen LogP contribution in [-0.4, -0.2) is 23.6 Å². The molecule has 0 aliphatic rings. The number of hydrogen-bond donors (Lipinski definition) is 2. The first-order valence-corrected chi connectivity index (χ1v) is 6.33. The van der Waals surface area contributed by atoms with Crippen molar-refractivity contribution in [1.29, 1.82) is 0 Å². The first-order chi connectivity index (χ1) is 8.17. The first kappa shape index (κ1) is 13.8. The Morgan fingerprint density at radius 1 is 1.41 bits per heavy atom. The number of amides is 1. The summed E-state index contributed by atoms with van der Waals surface area (Å²) in [6, 6.07) is 2.47. The fraction of sp³-hybridized carbons (Fsp3) is 0.615. The van der Waals surface area contributed by atoms with Crippen molar-refractivity contribution in [3.05, 3.63) is 24.0 Å². The molecule has 1 heterocycles. The summed E-state index contributed by atoms with van der Waals surface area (Å²) in [5.41, 5.74) is 1.27. The van der Waals surface area contributed by atoms with Crippen molar-refractivity contribution in [2.75, 3.05) is 13.1 Å². The maximum atomic E-state index is 11.3. The van der Waals surface area contributed by atoms with E-state index in [1.807, 2.05) is 13.1 Å². The third-order valence-electron chi connectivity index (χ3n) is 2.75. The van der Waals surface area contributed by atoms with Crippen LogP contribution in [0.25, 0.3) is 0 Å². The molecule has 1 atom stereocenters. The second kappa shape index (κ2) is 7.12. The Morgan fingerprint density at radius 2 is 2.18 bits per heavy atom. The van der Waals surface area contributed by atoms with Crippen molar-refractivity contribution in [1.82, 2.24) is 15.2 Å². The molecule has 0 bridgehead atoms. The van der Waals surface area contributed by atoms with Gasteiger partial charge in [0, 0.05) is 37.9 Å². The zero-order valence-corrected chi connectivity index (χ0v) is 11.0. The van der Waals surface area contributed by atoms with Crippen LogP contribution in [0, 0.1) is 0 Å². The molecule has 1 rings (SSSR count). The second-order valence-corrected chi connectivity index (χ2v) is 4.17. The number of hydrogen-bond acceptors (Lipinski definition) is 2.